The SMILES string of the molecule is O=C(CN1CCN(c2ccccc2O)CC1)c1ccc[nH]1. The van der Waals surface area contributed by atoms with E-state index in [2.05, 4.69) is 14.8 Å². The number of H-pyrrole nitrogens is 1. The van der Waals surface area contributed by atoms with Crippen LogP contribution in [0.1, 0.15) is 10.5 Å². The molecule has 21 heavy (non-hydrogen) atoms. The Kier molecular flexibility index (Phi) is 3.92. The molecule has 1 aliphatic rings. The first-order chi connectivity index (χ1) is 10.2. The summed E-state index contributed by atoms with van der Waals surface area (Å²) in [6.45, 7) is 3.71. The van der Waals surface area contributed by atoms with Gasteiger partial charge in [0.2, 0.25) is 0 Å². The van der Waals surface area contributed by atoms with Crippen molar-refractivity contribution < 1.29 is 9.90 Å². The summed E-state index contributed by atoms with van der Waals surface area (Å²) in [6.07, 6.45) is 1.77. The van der Waals surface area contributed by atoms with Crippen molar-refractivity contribution in [2.24, 2.45) is 0 Å². The second kappa shape index (κ2) is 6.01. The van der Waals surface area contributed by atoms with Crippen molar-refractivity contribution in [3.63, 3.8) is 0 Å². The van der Waals surface area contributed by atoms with E-state index in [9.17, 15) is 9.90 Å². The number of hydrogen-bond donors (Lipinski definition) is 2. The minimum absolute atomic E-state index is 0.121. The number of nitrogens with one attached hydrogen (secondary N) is 1. The fourth-order valence-electron chi connectivity index (χ4n) is 2.67. The summed E-state index contributed by atoms with van der Waals surface area (Å²) in [5.41, 5.74) is 1.53. The van der Waals surface area contributed by atoms with Gasteiger partial charge in [-0.1, -0.05) is 12.1 Å². The number of aromatic nitrogens is 1. The molecule has 2 heterocycles. The largest absolute Gasteiger partial charge is 0.506 e. The van der Waals surface area contributed by atoms with Gasteiger partial charge in [0.15, 0.2) is 5.78 Å². The summed E-state index contributed by atoms with van der Waals surface area (Å²) in [6, 6.07) is 11.0. The van der Waals surface area contributed by atoms with Crippen LogP contribution in [0.15, 0.2) is 42.6 Å². The summed E-state index contributed by atoms with van der Waals surface area (Å²) >= 11 is 0. The highest BCUT2D eigenvalue weighted by Gasteiger charge is 2.21. The first-order valence-electron chi connectivity index (χ1n) is 7.16. The van der Waals surface area contributed by atoms with Crippen LogP contribution in [0.5, 0.6) is 5.75 Å². The highest BCUT2D eigenvalue weighted by atomic mass is 16.3. The van der Waals surface area contributed by atoms with Crippen LogP contribution < -0.4 is 4.90 Å². The fourth-order valence-corrected chi connectivity index (χ4v) is 2.67. The molecule has 2 aromatic rings. The molecule has 1 fully saturated rings. The van der Waals surface area contributed by atoms with Gasteiger partial charge in [-0.3, -0.25) is 9.69 Å². The molecule has 2 N–H and O–H groups in total. The summed E-state index contributed by atoms with van der Waals surface area (Å²) in [4.78, 5) is 19.3. The molecule has 3 rings (SSSR count). The maximum absolute atomic E-state index is 12.1. The van der Waals surface area contributed by atoms with E-state index in [0.717, 1.165) is 31.9 Å². The summed E-state index contributed by atoms with van der Waals surface area (Å²) in [5, 5.41) is 9.89. The molecule has 0 spiro atoms. The van der Waals surface area contributed by atoms with Crippen LogP contribution in [0, 0.1) is 0 Å². The zero-order valence-corrected chi connectivity index (χ0v) is 11.8. The van der Waals surface area contributed by atoms with Gasteiger partial charge in [0.05, 0.1) is 17.9 Å². The van der Waals surface area contributed by atoms with Gasteiger partial charge >= 0.3 is 0 Å². The molecule has 5 nitrogen and oxygen atoms in total. The average Bonchev–Trinajstić information content (AvgIpc) is 3.03. The first kappa shape index (κ1) is 13.7. The third kappa shape index (κ3) is 3.08. The molecule has 0 bridgehead atoms. The highest BCUT2D eigenvalue weighted by molar-refractivity contribution is 5.95. The average molecular weight is 285 g/mol. The minimum Gasteiger partial charge on any atom is -0.506 e. The lowest BCUT2D eigenvalue weighted by Crippen LogP contribution is -2.48. The van der Waals surface area contributed by atoms with Crippen molar-refractivity contribution in [1.29, 1.82) is 0 Å². The fraction of sp³-hybridized carbons (Fsp3) is 0.312. The van der Waals surface area contributed by atoms with Crippen molar-refractivity contribution in [1.82, 2.24) is 9.88 Å². The molecule has 1 aromatic heterocycles. The van der Waals surface area contributed by atoms with E-state index < -0.39 is 0 Å². The number of carbonyl (C=O) groups excluding carboxylic acids is 1. The maximum Gasteiger partial charge on any atom is 0.192 e. The number of Topliss-reactive ketones (excluding diaryl/α,β-unsaturated/α-hetero) is 1. The van der Waals surface area contributed by atoms with E-state index in [-0.39, 0.29) is 5.78 Å². The summed E-state index contributed by atoms with van der Waals surface area (Å²) in [5.74, 6) is 0.435. The van der Waals surface area contributed by atoms with Gasteiger partial charge in [0.25, 0.3) is 0 Å². The van der Waals surface area contributed by atoms with E-state index in [1.165, 1.54) is 0 Å². The van der Waals surface area contributed by atoms with Crippen molar-refractivity contribution in [3.05, 3.63) is 48.3 Å². The van der Waals surface area contributed by atoms with Crippen molar-refractivity contribution in [2.75, 3.05) is 37.6 Å². The third-order valence-electron chi connectivity index (χ3n) is 3.86. The number of piperazine rings is 1. The quantitative estimate of drug-likeness (QED) is 0.840. The second-order valence-corrected chi connectivity index (χ2v) is 5.26. The molecular formula is C16H19N3O2. The van der Waals surface area contributed by atoms with Gasteiger partial charge in [0, 0.05) is 32.4 Å². The Morgan fingerprint density at radius 3 is 2.52 bits per heavy atom. The molecule has 5 heteroatoms. The Labute approximate surface area is 123 Å². The molecule has 0 saturated carbocycles. The third-order valence-corrected chi connectivity index (χ3v) is 3.86. The molecule has 1 saturated heterocycles. The molecule has 1 aliphatic heterocycles. The number of ketones is 1. The molecule has 1 aromatic carbocycles. The molecule has 0 amide bonds. The highest BCUT2D eigenvalue weighted by Crippen LogP contribution is 2.27. The van der Waals surface area contributed by atoms with E-state index in [1.54, 1.807) is 18.3 Å². The van der Waals surface area contributed by atoms with E-state index in [0.29, 0.717) is 18.0 Å². The number of anilines is 1. The van der Waals surface area contributed by atoms with E-state index in [1.807, 2.05) is 24.3 Å². The topological polar surface area (TPSA) is 59.6 Å². The van der Waals surface area contributed by atoms with Gasteiger partial charge in [-0.15, -0.1) is 0 Å². The first-order valence-corrected chi connectivity index (χ1v) is 7.16. The predicted molar refractivity (Wildman–Crippen MR) is 81.9 cm³/mol. The molecular weight excluding hydrogens is 266 g/mol. The van der Waals surface area contributed by atoms with E-state index >= 15 is 0 Å². The lowest BCUT2D eigenvalue weighted by Gasteiger charge is -2.35. The van der Waals surface area contributed by atoms with Crippen LogP contribution in [0.3, 0.4) is 0 Å². The van der Waals surface area contributed by atoms with Crippen LogP contribution in [0.4, 0.5) is 5.69 Å². The van der Waals surface area contributed by atoms with E-state index in [4.69, 9.17) is 0 Å². The van der Waals surface area contributed by atoms with Gasteiger partial charge in [-0.05, 0) is 24.3 Å². The number of nitrogens with zero attached hydrogens (tertiary/aromatic N) is 2. The molecule has 0 unspecified atom stereocenters. The number of rotatable bonds is 4. The van der Waals surface area contributed by atoms with Crippen molar-refractivity contribution in [3.8, 4) is 5.75 Å². The van der Waals surface area contributed by atoms with Crippen LogP contribution >= 0.6 is 0 Å². The monoisotopic (exact) mass is 285 g/mol. The Hall–Kier alpha value is -2.27. The number of carbonyl (C=O) groups is 1. The van der Waals surface area contributed by atoms with Gasteiger partial charge in [-0.2, -0.15) is 0 Å². The molecule has 110 valence electrons. The summed E-state index contributed by atoms with van der Waals surface area (Å²) in [7, 11) is 0. The van der Waals surface area contributed by atoms with Gasteiger partial charge < -0.3 is 15.0 Å². The Bertz CT molecular complexity index is 602. The van der Waals surface area contributed by atoms with Crippen LogP contribution in [0.2, 0.25) is 0 Å². The van der Waals surface area contributed by atoms with Crippen LogP contribution in [0.25, 0.3) is 0 Å². The second-order valence-electron chi connectivity index (χ2n) is 5.26. The molecule has 0 radical (unpaired) electrons. The number of phenols is 1. The van der Waals surface area contributed by atoms with Crippen LogP contribution in [-0.2, 0) is 0 Å². The maximum atomic E-state index is 12.1. The Morgan fingerprint density at radius 2 is 1.86 bits per heavy atom. The Balaban J connectivity index is 1.56. The lowest BCUT2D eigenvalue weighted by atomic mass is 10.2. The molecule has 0 atom stereocenters. The normalized spacial score (nSPS) is 16.1. The standard InChI is InChI=1S/C16H19N3O2/c20-15-6-2-1-5-14(15)19-10-8-18(9-11-19)12-16(21)13-4-3-7-17-13/h1-7,17,20H,8-12H2. The van der Waals surface area contributed by atoms with Gasteiger partial charge in [0.1, 0.15) is 5.75 Å². The zero-order valence-electron chi connectivity index (χ0n) is 11.8. The van der Waals surface area contributed by atoms with Crippen molar-refractivity contribution in [2.45, 2.75) is 0 Å². The minimum atomic E-state index is 0.121. The van der Waals surface area contributed by atoms with Crippen molar-refractivity contribution >= 4 is 11.5 Å². The lowest BCUT2D eigenvalue weighted by molar-refractivity contribution is 0.0922. The summed E-state index contributed by atoms with van der Waals surface area (Å²) < 4.78 is 0. The number of benzene rings is 1. The smallest absolute Gasteiger partial charge is 0.192 e. The number of aromatic amines is 1. The number of aromatic hydroxyl groups is 1. The predicted octanol–water partition coefficient (Wildman–Crippen LogP) is 1.73. The Morgan fingerprint density at radius 1 is 1.10 bits per heavy atom. The molecule has 0 aliphatic carbocycles. The number of para-hydroxylation sites is 2. The van der Waals surface area contributed by atoms with Gasteiger partial charge in [-0.25, -0.2) is 0 Å². The zero-order chi connectivity index (χ0) is 14.7. The number of hydrogen-bond acceptors (Lipinski definition) is 4. The number of phenolic OH excluding ortho intramolecular Hbond substituents is 1. The van der Waals surface area contributed by atoms with Crippen LogP contribution in [-0.4, -0.2) is 53.5 Å².